The van der Waals surface area contributed by atoms with E-state index in [2.05, 4.69) is 20.0 Å². The van der Waals surface area contributed by atoms with Gasteiger partial charge in [-0.1, -0.05) is 6.07 Å². The van der Waals surface area contributed by atoms with Crippen LogP contribution in [0.25, 0.3) is 0 Å². The summed E-state index contributed by atoms with van der Waals surface area (Å²) in [5.74, 6) is -1.02. The first-order valence-electron chi connectivity index (χ1n) is 7.82. The maximum atomic E-state index is 13.6. The Bertz CT molecular complexity index is 1070. The summed E-state index contributed by atoms with van der Waals surface area (Å²) in [6.45, 7) is 1.60. The largest absolute Gasteiger partial charge is 0.322 e. The molecular weight excluding hydrogens is 371 g/mol. The monoisotopic (exact) mass is 386 g/mol. The number of carbonyl (C=O) groups is 1. The van der Waals surface area contributed by atoms with Crippen LogP contribution in [0.4, 0.5) is 16.0 Å². The first kappa shape index (κ1) is 18.5. The molecule has 1 heterocycles. The number of anilines is 2. The van der Waals surface area contributed by atoms with E-state index in [0.717, 1.165) is 6.07 Å². The van der Waals surface area contributed by atoms with E-state index in [4.69, 9.17) is 0 Å². The van der Waals surface area contributed by atoms with E-state index in [9.17, 15) is 17.6 Å². The van der Waals surface area contributed by atoms with Gasteiger partial charge in [0.1, 0.15) is 5.82 Å². The van der Waals surface area contributed by atoms with Crippen LogP contribution < -0.4 is 10.0 Å². The number of carbonyl (C=O) groups excluding carboxylic acids is 1. The number of hydrogen-bond acceptors (Lipinski definition) is 5. The van der Waals surface area contributed by atoms with Crippen LogP contribution in [0.15, 0.2) is 65.8 Å². The van der Waals surface area contributed by atoms with Gasteiger partial charge in [0.25, 0.3) is 15.9 Å². The number of sulfonamides is 1. The lowest BCUT2D eigenvalue weighted by Crippen LogP contribution is -2.15. The molecule has 0 saturated carbocycles. The van der Waals surface area contributed by atoms with E-state index in [1.54, 1.807) is 13.0 Å². The zero-order valence-corrected chi connectivity index (χ0v) is 15.0. The van der Waals surface area contributed by atoms with Crippen LogP contribution in [0.1, 0.15) is 15.9 Å². The zero-order chi connectivity index (χ0) is 19.4. The average Bonchev–Trinajstić information content (AvgIpc) is 2.65. The Morgan fingerprint density at radius 3 is 2.33 bits per heavy atom. The van der Waals surface area contributed by atoms with Gasteiger partial charge in [0.2, 0.25) is 5.95 Å². The Kier molecular flexibility index (Phi) is 5.13. The van der Waals surface area contributed by atoms with Gasteiger partial charge in [0.05, 0.1) is 4.90 Å². The molecule has 3 aromatic rings. The molecule has 0 fully saturated rings. The quantitative estimate of drug-likeness (QED) is 0.702. The molecule has 3 rings (SSSR count). The summed E-state index contributed by atoms with van der Waals surface area (Å²) in [5, 5.41) is 2.59. The first-order valence-corrected chi connectivity index (χ1v) is 9.31. The SMILES string of the molecule is Cc1ccc(C(=O)Nc2ccc(S(=O)(=O)Nc3ncccn3)cc2)cc1F. The van der Waals surface area contributed by atoms with Crippen LogP contribution in [-0.2, 0) is 10.0 Å². The molecule has 0 spiro atoms. The Balaban J connectivity index is 1.73. The molecule has 0 unspecified atom stereocenters. The van der Waals surface area contributed by atoms with Gasteiger partial charge in [-0.25, -0.2) is 27.5 Å². The highest BCUT2D eigenvalue weighted by atomic mass is 32.2. The van der Waals surface area contributed by atoms with Crippen molar-refractivity contribution in [2.75, 3.05) is 10.0 Å². The molecule has 1 aromatic heterocycles. The van der Waals surface area contributed by atoms with E-state index in [0.29, 0.717) is 11.3 Å². The van der Waals surface area contributed by atoms with Crippen molar-refractivity contribution in [3.05, 3.63) is 77.9 Å². The van der Waals surface area contributed by atoms with Crippen LogP contribution in [0.5, 0.6) is 0 Å². The van der Waals surface area contributed by atoms with Crippen molar-refractivity contribution in [3.8, 4) is 0 Å². The van der Waals surface area contributed by atoms with Gasteiger partial charge in [0.15, 0.2) is 0 Å². The van der Waals surface area contributed by atoms with E-state index < -0.39 is 21.7 Å². The molecule has 27 heavy (non-hydrogen) atoms. The third kappa shape index (κ3) is 4.45. The van der Waals surface area contributed by atoms with Crippen LogP contribution >= 0.6 is 0 Å². The number of benzene rings is 2. The summed E-state index contributed by atoms with van der Waals surface area (Å²) in [5.41, 5.74) is 0.976. The lowest BCUT2D eigenvalue weighted by molar-refractivity contribution is 0.102. The number of nitrogens with one attached hydrogen (secondary N) is 2. The summed E-state index contributed by atoms with van der Waals surface area (Å²) in [7, 11) is -3.86. The van der Waals surface area contributed by atoms with E-state index in [-0.39, 0.29) is 16.4 Å². The van der Waals surface area contributed by atoms with E-state index >= 15 is 0 Å². The fourth-order valence-corrected chi connectivity index (χ4v) is 3.14. The lowest BCUT2D eigenvalue weighted by Gasteiger charge is -2.09. The Labute approximate surface area is 155 Å². The van der Waals surface area contributed by atoms with Crippen molar-refractivity contribution in [2.24, 2.45) is 0 Å². The molecule has 0 aliphatic heterocycles. The highest BCUT2D eigenvalue weighted by Gasteiger charge is 2.16. The molecule has 0 bridgehead atoms. The maximum Gasteiger partial charge on any atom is 0.264 e. The number of aromatic nitrogens is 2. The van der Waals surface area contributed by atoms with Crippen LogP contribution in [0.3, 0.4) is 0 Å². The number of rotatable bonds is 5. The van der Waals surface area contributed by atoms with Crippen LogP contribution in [-0.4, -0.2) is 24.3 Å². The van der Waals surface area contributed by atoms with E-state index in [1.165, 1.54) is 48.8 Å². The fraction of sp³-hybridized carbons (Fsp3) is 0.0556. The number of halogens is 1. The van der Waals surface area contributed by atoms with Crippen molar-refractivity contribution >= 4 is 27.6 Å². The normalized spacial score (nSPS) is 11.0. The Morgan fingerprint density at radius 2 is 1.70 bits per heavy atom. The van der Waals surface area contributed by atoms with Gasteiger partial charge in [-0.15, -0.1) is 0 Å². The molecule has 2 aromatic carbocycles. The lowest BCUT2D eigenvalue weighted by atomic mass is 10.1. The van der Waals surface area contributed by atoms with Crippen LogP contribution in [0.2, 0.25) is 0 Å². The summed E-state index contributed by atoms with van der Waals surface area (Å²) in [4.78, 5) is 19.8. The summed E-state index contributed by atoms with van der Waals surface area (Å²) < 4.78 is 40.4. The number of hydrogen-bond donors (Lipinski definition) is 2. The summed E-state index contributed by atoms with van der Waals surface area (Å²) in [6, 6.07) is 11.3. The van der Waals surface area contributed by atoms with Crippen molar-refractivity contribution < 1.29 is 17.6 Å². The molecule has 1 amide bonds. The molecular formula is C18H15FN4O3S. The first-order chi connectivity index (χ1) is 12.8. The van der Waals surface area contributed by atoms with Crippen molar-refractivity contribution in [1.82, 2.24) is 9.97 Å². The third-order valence-electron chi connectivity index (χ3n) is 3.65. The van der Waals surface area contributed by atoms with Crippen LogP contribution in [0, 0.1) is 12.7 Å². The molecule has 138 valence electrons. The molecule has 0 aliphatic rings. The minimum Gasteiger partial charge on any atom is -0.322 e. The van der Waals surface area contributed by atoms with Gasteiger partial charge in [0, 0.05) is 23.6 Å². The van der Waals surface area contributed by atoms with Gasteiger partial charge in [-0.3, -0.25) is 4.79 Å². The van der Waals surface area contributed by atoms with Gasteiger partial charge < -0.3 is 5.32 Å². The second-order valence-corrected chi connectivity index (χ2v) is 7.30. The predicted octanol–water partition coefficient (Wildman–Crippen LogP) is 2.98. The molecule has 0 radical (unpaired) electrons. The van der Waals surface area contributed by atoms with Crippen molar-refractivity contribution in [3.63, 3.8) is 0 Å². The smallest absolute Gasteiger partial charge is 0.264 e. The summed E-state index contributed by atoms with van der Waals surface area (Å²) >= 11 is 0. The minimum atomic E-state index is -3.86. The molecule has 0 aliphatic carbocycles. The highest BCUT2D eigenvalue weighted by molar-refractivity contribution is 7.92. The minimum absolute atomic E-state index is 0.0191. The van der Waals surface area contributed by atoms with Gasteiger partial charge >= 0.3 is 0 Å². The average molecular weight is 386 g/mol. The van der Waals surface area contributed by atoms with E-state index in [1.807, 2.05) is 0 Å². The standard InChI is InChI=1S/C18H15FN4O3S/c1-12-3-4-13(11-16(12)19)17(24)22-14-5-7-15(8-6-14)27(25,26)23-18-20-9-2-10-21-18/h2-11H,1H3,(H,22,24)(H,20,21,23). The van der Waals surface area contributed by atoms with Gasteiger partial charge in [-0.05, 0) is 55.0 Å². The highest BCUT2D eigenvalue weighted by Crippen LogP contribution is 2.17. The number of aryl methyl sites for hydroxylation is 1. The molecule has 9 heteroatoms. The fourth-order valence-electron chi connectivity index (χ4n) is 2.19. The number of nitrogens with zero attached hydrogens (tertiary/aromatic N) is 2. The summed E-state index contributed by atoms with van der Waals surface area (Å²) in [6.07, 6.45) is 2.83. The van der Waals surface area contributed by atoms with Gasteiger partial charge in [-0.2, -0.15) is 0 Å². The third-order valence-corrected chi connectivity index (χ3v) is 4.99. The molecule has 0 atom stereocenters. The zero-order valence-electron chi connectivity index (χ0n) is 14.2. The number of amides is 1. The van der Waals surface area contributed by atoms with Crippen molar-refractivity contribution in [2.45, 2.75) is 11.8 Å². The Hall–Kier alpha value is -3.33. The second-order valence-electron chi connectivity index (χ2n) is 5.62. The topological polar surface area (TPSA) is 101 Å². The van der Waals surface area contributed by atoms with Crippen molar-refractivity contribution in [1.29, 1.82) is 0 Å². The molecule has 0 saturated heterocycles. The predicted molar refractivity (Wildman–Crippen MR) is 98.4 cm³/mol. The second kappa shape index (κ2) is 7.50. The molecule has 2 N–H and O–H groups in total. The molecule has 7 nitrogen and oxygen atoms in total. The maximum absolute atomic E-state index is 13.6. The Morgan fingerprint density at radius 1 is 1.04 bits per heavy atom.